The van der Waals surface area contributed by atoms with Crippen LogP contribution in [0.25, 0.3) is 0 Å². The van der Waals surface area contributed by atoms with E-state index < -0.39 is 0 Å². The topological polar surface area (TPSA) is 56.5 Å². The zero-order chi connectivity index (χ0) is 8.97. The smallest absolute Gasteiger partial charge is 0.169 e. The highest BCUT2D eigenvalue weighted by molar-refractivity contribution is 4.87. The Morgan fingerprint density at radius 3 is 2.42 bits per heavy atom. The zero-order valence-corrected chi connectivity index (χ0v) is 7.75. The van der Waals surface area contributed by atoms with E-state index in [-0.39, 0.29) is 6.29 Å². The Kier molecular flexibility index (Phi) is 3.94. The summed E-state index contributed by atoms with van der Waals surface area (Å²) in [5, 5.41) is 3.32. The molecule has 0 heterocycles. The second kappa shape index (κ2) is 4.77. The Labute approximate surface area is 73.4 Å². The van der Waals surface area contributed by atoms with Crippen LogP contribution in [0.2, 0.25) is 0 Å². The van der Waals surface area contributed by atoms with Crippen LogP contribution in [-0.2, 0) is 9.47 Å². The van der Waals surface area contributed by atoms with Gasteiger partial charge in [0.15, 0.2) is 6.29 Å². The van der Waals surface area contributed by atoms with Crippen molar-refractivity contribution in [3.63, 3.8) is 0 Å². The van der Waals surface area contributed by atoms with Gasteiger partial charge in [-0.15, -0.1) is 0 Å². The van der Waals surface area contributed by atoms with E-state index in [1.165, 1.54) is 0 Å². The first-order chi connectivity index (χ1) is 5.76. The van der Waals surface area contributed by atoms with Crippen molar-refractivity contribution in [2.45, 2.75) is 31.2 Å². The number of nitrogens with one attached hydrogen (secondary N) is 1. The fraction of sp³-hybridized carbons (Fsp3) is 1.00. The van der Waals surface area contributed by atoms with E-state index in [0.717, 1.165) is 19.4 Å². The molecule has 0 spiro atoms. The van der Waals surface area contributed by atoms with Crippen LogP contribution < -0.4 is 11.1 Å². The number of methoxy groups -OCH3 is 2. The molecule has 0 atom stereocenters. The van der Waals surface area contributed by atoms with Crippen molar-refractivity contribution < 1.29 is 9.47 Å². The second-order valence-electron chi connectivity index (χ2n) is 3.24. The first-order valence-electron chi connectivity index (χ1n) is 4.30. The van der Waals surface area contributed by atoms with Crippen LogP contribution in [0.4, 0.5) is 0 Å². The minimum absolute atomic E-state index is 0.137. The van der Waals surface area contributed by atoms with E-state index >= 15 is 0 Å². The minimum atomic E-state index is -0.137. The van der Waals surface area contributed by atoms with E-state index in [1.54, 1.807) is 14.2 Å². The Bertz CT molecular complexity index is 122. The molecule has 0 amide bonds. The average Bonchev–Trinajstić information content (AvgIpc) is 2.03. The lowest BCUT2D eigenvalue weighted by molar-refractivity contribution is -0.101. The van der Waals surface area contributed by atoms with Crippen LogP contribution in [0.5, 0.6) is 0 Å². The highest BCUT2D eigenvalue weighted by Gasteiger charge is 2.25. The molecule has 0 unspecified atom stereocenters. The normalized spacial score (nSPS) is 29.0. The van der Waals surface area contributed by atoms with Gasteiger partial charge in [0, 0.05) is 32.8 Å². The van der Waals surface area contributed by atoms with Gasteiger partial charge in [0.25, 0.3) is 0 Å². The summed E-state index contributed by atoms with van der Waals surface area (Å²) < 4.78 is 10.1. The number of rotatable bonds is 5. The van der Waals surface area contributed by atoms with Gasteiger partial charge in [-0.3, -0.25) is 0 Å². The van der Waals surface area contributed by atoms with Gasteiger partial charge in [-0.25, -0.2) is 0 Å². The lowest BCUT2D eigenvalue weighted by Crippen LogP contribution is -2.50. The lowest BCUT2D eigenvalue weighted by atomic mass is 9.88. The van der Waals surface area contributed by atoms with Crippen LogP contribution in [-0.4, -0.2) is 39.1 Å². The molecule has 0 aromatic rings. The first-order valence-corrected chi connectivity index (χ1v) is 4.30. The molecule has 1 saturated carbocycles. The Hall–Kier alpha value is -0.160. The summed E-state index contributed by atoms with van der Waals surface area (Å²) in [6.07, 6.45) is 2.00. The van der Waals surface area contributed by atoms with Crippen molar-refractivity contribution in [3.8, 4) is 0 Å². The van der Waals surface area contributed by atoms with Crippen molar-refractivity contribution in [2.24, 2.45) is 5.73 Å². The molecule has 0 aromatic carbocycles. The lowest BCUT2D eigenvalue weighted by Gasteiger charge is -2.33. The maximum Gasteiger partial charge on any atom is 0.169 e. The summed E-state index contributed by atoms with van der Waals surface area (Å²) in [5.74, 6) is 0. The molecule has 3 N–H and O–H groups in total. The third kappa shape index (κ3) is 2.71. The number of hydrogen-bond donors (Lipinski definition) is 2. The summed E-state index contributed by atoms with van der Waals surface area (Å²) >= 11 is 0. The van der Waals surface area contributed by atoms with Gasteiger partial charge >= 0.3 is 0 Å². The zero-order valence-electron chi connectivity index (χ0n) is 7.75. The van der Waals surface area contributed by atoms with Crippen molar-refractivity contribution in [3.05, 3.63) is 0 Å². The molecule has 4 heteroatoms. The molecular weight excluding hydrogens is 156 g/mol. The molecule has 1 aliphatic rings. The van der Waals surface area contributed by atoms with Crippen LogP contribution in [0.15, 0.2) is 0 Å². The van der Waals surface area contributed by atoms with Gasteiger partial charge in [-0.05, 0) is 12.8 Å². The molecule has 4 nitrogen and oxygen atoms in total. The summed E-state index contributed by atoms with van der Waals surface area (Å²) in [6, 6.07) is 0.957. The van der Waals surface area contributed by atoms with Crippen molar-refractivity contribution in [1.82, 2.24) is 5.32 Å². The quantitative estimate of drug-likeness (QED) is 0.561. The molecule has 0 saturated heterocycles. The Morgan fingerprint density at radius 1 is 1.42 bits per heavy atom. The van der Waals surface area contributed by atoms with Crippen LogP contribution in [0, 0.1) is 0 Å². The van der Waals surface area contributed by atoms with Gasteiger partial charge in [0.05, 0.1) is 0 Å². The van der Waals surface area contributed by atoms with Crippen LogP contribution in [0.3, 0.4) is 0 Å². The van der Waals surface area contributed by atoms with Crippen LogP contribution in [0.1, 0.15) is 12.8 Å². The fourth-order valence-electron chi connectivity index (χ4n) is 1.35. The van der Waals surface area contributed by atoms with Crippen molar-refractivity contribution >= 4 is 0 Å². The Balaban J connectivity index is 2.01. The van der Waals surface area contributed by atoms with Crippen molar-refractivity contribution in [1.29, 1.82) is 0 Å². The number of nitrogens with two attached hydrogens (primary N) is 1. The summed E-state index contributed by atoms with van der Waals surface area (Å²) in [6.45, 7) is 0.740. The maximum absolute atomic E-state index is 5.64. The highest BCUT2D eigenvalue weighted by Crippen LogP contribution is 2.17. The Morgan fingerprint density at radius 2 is 2.00 bits per heavy atom. The van der Waals surface area contributed by atoms with E-state index in [4.69, 9.17) is 15.2 Å². The molecular formula is C8H18N2O2. The SMILES string of the molecule is COC(CNC1CC(N)C1)OC. The second-order valence-corrected chi connectivity index (χ2v) is 3.24. The molecule has 0 radical (unpaired) electrons. The molecule has 1 fully saturated rings. The van der Waals surface area contributed by atoms with Gasteiger partial charge in [0.1, 0.15) is 0 Å². The van der Waals surface area contributed by atoms with Gasteiger partial charge < -0.3 is 20.5 Å². The molecule has 1 aliphatic carbocycles. The minimum Gasteiger partial charge on any atom is -0.355 e. The van der Waals surface area contributed by atoms with Crippen LogP contribution >= 0.6 is 0 Å². The third-order valence-electron chi connectivity index (χ3n) is 2.27. The average molecular weight is 174 g/mol. The summed E-state index contributed by atoms with van der Waals surface area (Å²) in [5.41, 5.74) is 5.64. The molecule has 72 valence electrons. The largest absolute Gasteiger partial charge is 0.355 e. The van der Waals surface area contributed by atoms with Gasteiger partial charge in [-0.2, -0.15) is 0 Å². The number of ether oxygens (including phenoxy) is 2. The molecule has 0 aliphatic heterocycles. The van der Waals surface area contributed by atoms with E-state index in [2.05, 4.69) is 5.32 Å². The van der Waals surface area contributed by atoms with Gasteiger partial charge in [0.2, 0.25) is 0 Å². The predicted molar refractivity (Wildman–Crippen MR) is 46.8 cm³/mol. The van der Waals surface area contributed by atoms with E-state index in [9.17, 15) is 0 Å². The molecule has 12 heavy (non-hydrogen) atoms. The maximum atomic E-state index is 5.64. The highest BCUT2D eigenvalue weighted by atomic mass is 16.7. The molecule has 0 aromatic heterocycles. The van der Waals surface area contributed by atoms with Gasteiger partial charge in [-0.1, -0.05) is 0 Å². The first kappa shape index (κ1) is 9.92. The standard InChI is InChI=1S/C8H18N2O2/c1-11-8(12-2)5-10-7-3-6(9)4-7/h6-8,10H,3-5,9H2,1-2H3. The number of hydrogen-bond acceptors (Lipinski definition) is 4. The van der Waals surface area contributed by atoms with E-state index in [0.29, 0.717) is 12.1 Å². The summed E-state index contributed by atoms with van der Waals surface area (Å²) in [4.78, 5) is 0. The monoisotopic (exact) mass is 174 g/mol. The molecule has 0 bridgehead atoms. The van der Waals surface area contributed by atoms with Crippen molar-refractivity contribution in [2.75, 3.05) is 20.8 Å². The third-order valence-corrected chi connectivity index (χ3v) is 2.27. The summed E-state index contributed by atoms with van der Waals surface area (Å²) in [7, 11) is 3.28. The molecule has 1 rings (SSSR count). The van der Waals surface area contributed by atoms with E-state index in [1.807, 2.05) is 0 Å². The predicted octanol–water partition coefficient (Wildman–Crippen LogP) is -0.315. The fourth-order valence-corrected chi connectivity index (χ4v) is 1.35.